The molecule has 0 atom stereocenters. The first-order valence-corrected chi connectivity index (χ1v) is 15.7. The highest BCUT2D eigenvalue weighted by Crippen LogP contribution is 2.25. The van der Waals surface area contributed by atoms with Crippen LogP contribution in [0.1, 0.15) is 47.3 Å². The summed E-state index contributed by atoms with van der Waals surface area (Å²) in [7, 11) is 0. The van der Waals surface area contributed by atoms with Crippen molar-refractivity contribution >= 4 is 17.7 Å². The standard InChI is InChI=1S/C36H38N4OS/c1-29-20-22-33(23-21-29)40-34(27-31-15-7-3-8-16-31)37-38-36(40)42-26-12-11-19-35(41)39(28-32-17-9-4-10-18-32)25-24-30-13-5-2-6-14-30/h2-10,13-18,20-23H,11-12,19,24-28H2,1H3. The number of nitrogens with zero attached hydrogens (tertiary/aromatic N) is 4. The number of rotatable bonds is 14. The van der Waals surface area contributed by atoms with Crippen molar-refractivity contribution in [1.29, 1.82) is 0 Å². The minimum absolute atomic E-state index is 0.216. The molecule has 0 radical (unpaired) electrons. The number of carbonyl (C=O) groups is 1. The van der Waals surface area contributed by atoms with Gasteiger partial charge in [0, 0.05) is 37.4 Å². The Morgan fingerprint density at radius 2 is 1.36 bits per heavy atom. The first kappa shape index (κ1) is 29.3. The van der Waals surface area contributed by atoms with Crippen LogP contribution in [0.5, 0.6) is 0 Å². The first-order chi connectivity index (χ1) is 20.7. The molecular weight excluding hydrogens is 536 g/mol. The highest BCUT2D eigenvalue weighted by atomic mass is 32.2. The van der Waals surface area contributed by atoms with Crippen molar-refractivity contribution in [2.45, 2.75) is 50.7 Å². The predicted molar refractivity (Wildman–Crippen MR) is 172 cm³/mol. The average molecular weight is 575 g/mol. The third kappa shape index (κ3) is 8.43. The minimum atomic E-state index is 0.216. The molecule has 1 aromatic heterocycles. The van der Waals surface area contributed by atoms with Gasteiger partial charge in [0.1, 0.15) is 5.82 Å². The average Bonchev–Trinajstić information content (AvgIpc) is 3.42. The van der Waals surface area contributed by atoms with Gasteiger partial charge in [-0.05, 0) is 55.0 Å². The zero-order valence-electron chi connectivity index (χ0n) is 24.2. The van der Waals surface area contributed by atoms with E-state index in [4.69, 9.17) is 0 Å². The second kappa shape index (κ2) is 15.2. The molecule has 0 saturated carbocycles. The maximum atomic E-state index is 13.3. The van der Waals surface area contributed by atoms with Gasteiger partial charge < -0.3 is 4.90 Å². The third-order valence-corrected chi connectivity index (χ3v) is 8.31. The van der Waals surface area contributed by atoms with Crippen molar-refractivity contribution < 1.29 is 4.79 Å². The molecule has 42 heavy (non-hydrogen) atoms. The number of aryl methyl sites for hydroxylation is 1. The SMILES string of the molecule is Cc1ccc(-n2c(Cc3ccccc3)nnc2SCCCCC(=O)N(CCc2ccccc2)Cc2ccccc2)cc1. The lowest BCUT2D eigenvalue weighted by Gasteiger charge is -2.23. The summed E-state index contributed by atoms with van der Waals surface area (Å²) < 4.78 is 2.17. The molecule has 0 aliphatic rings. The van der Waals surface area contributed by atoms with Gasteiger partial charge in [0.05, 0.1) is 0 Å². The molecular formula is C36H38N4OS. The number of benzene rings is 4. The van der Waals surface area contributed by atoms with Crippen molar-refractivity contribution in [3.63, 3.8) is 0 Å². The summed E-state index contributed by atoms with van der Waals surface area (Å²) in [5.74, 6) is 2.02. The van der Waals surface area contributed by atoms with E-state index in [9.17, 15) is 4.79 Å². The van der Waals surface area contributed by atoms with E-state index < -0.39 is 0 Å². The zero-order chi connectivity index (χ0) is 29.0. The Balaban J connectivity index is 1.18. The quantitative estimate of drug-likeness (QED) is 0.101. The molecule has 5 aromatic rings. The molecule has 1 amide bonds. The molecule has 1 heterocycles. The van der Waals surface area contributed by atoms with E-state index in [1.807, 2.05) is 35.2 Å². The number of amides is 1. The van der Waals surface area contributed by atoms with Crippen LogP contribution in [-0.4, -0.2) is 37.9 Å². The van der Waals surface area contributed by atoms with Crippen LogP contribution < -0.4 is 0 Å². The van der Waals surface area contributed by atoms with Crippen molar-refractivity contribution in [2.24, 2.45) is 0 Å². The Morgan fingerprint density at radius 3 is 2.02 bits per heavy atom. The molecule has 0 aliphatic heterocycles. The van der Waals surface area contributed by atoms with E-state index >= 15 is 0 Å². The Labute approximate surface area is 253 Å². The molecule has 214 valence electrons. The number of aromatic nitrogens is 3. The van der Waals surface area contributed by atoms with E-state index in [1.165, 1.54) is 16.7 Å². The van der Waals surface area contributed by atoms with Crippen LogP contribution in [0.25, 0.3) is 5.69 Å². The van der Waals surface area contributed by atoms with Crippen LogP contribution in [0.3, 0.4) is 0 Å². The van der Waals surface area contributed by atoms with Crippen LogP contribution in [-0.2, 0) is 24.2 Å². The van der Waals surface area contributed by atoms with Gasteiger partial charge in [-0.25, -0.2) is 0 Å². The summed E-state index contributed by atoms with van der Waals surface area (Å²) in [5.41, 5.74) is 5.92. The van der Waals surface area contributed by atoms with E-state index in [2.05, 4.69) is 107 Å². The molecule has 5 rings (SSSR count). The monoisotopic (exact) mass is 574 g/mol. The van der Waals surface area contributed by atoms with Crippen LogP contribution in [0.2, 0.25) is 0 Å². The molecule has 0 bridgehead atoms. The molecule has 0 N–H and O–H groups in total. The van der Waals surface area contributed by atoms with E-state index in [0.29, 0.717) is 13.0 Å². The summed E-state index contributed by atoms with van der Waals surface area (Å²) in [6, 6.07) is 39.6. The van der Waals surface area contributed by atoms with Crippen LogP contribution in [0.15, 0.2) is 120 Å². The maximum absolute atomic E-state index is 13.3. The predicted octanol–water partition coefficient (Wildman–Crippen LogP) is 7.70. The molecule has 5 nitrogen and oxygen atoms in total. The number of hydrogen-bond donors (Lipinski definition) is 0. The van der Waals surface area contributed by atoms with Crippen molar-refractivity contribution in [1.82, 2.24) is 19.7 Å². The molecule has 0 unspecified atom stereocenters. The Bertz CT molecular complexity index is 1520. The maximum Gasteiger partial charge on any atom is 0.222 e. The van der Waals surface area contributed by atoms with Crippen molar-refractivity contribution in [2.75, 3.05) is 12.3 Å². The van der Waals surface area contributed by atoms with Gasteiger partial charge in [0.2, 0.25) is 5.91 Å². The summed E-state index contributed by atoms with van der Waals surface area (Å²) in [5, 5.41) is 10.0. The normalized spacial score (nSPS) is 11.0. The molecule has 0 spiro atoms. The van der Waals surface area contributed by atoms with Gasteiger partial charge in [-0.3, -0.25) is 9.36 Å². The summed E-state index contributed by atoms with van der Waals surface area (Å²) >= 11 is 1.71. The highest BCUT2D eigenvalue weighted by Gasteiger charge is 2.17. The molecule has 0 saturated heterocycles. The highest BCUT2D eigenvalue weighted by molar-refractivity contribution is 7.99. The molecule has 0 fully saturated rings. The second-order valence-electron chi connectivity index (χ2n) is 10.6. The van der Waals surface area contributed by atoms with E-state index in [-0.39, 0.29) is 5.91 Å². The fraction of sp³-hybridized carbons (Fsp3) is 0.250. The van der Waals surface area contributed by atoms with E-state index in [0.717, 1.165) is 60.2 Å². The fourth-order valence-corrected chi connectivity index (χ4v) is 5.91. The number of unbranched alkanes of at least 4 members (excludes halogenated alkanes) is 1. The van der Waals surface area contributed by atoms with Crippen LogP contribution >= 0.6 is 11.8 Å². The van der Waals surface area contributed by atoms with Crippen molar-refractivity contribution in [3.8, 4) is 5.69 Å². The largest absolute Gasteiger partial charge is 0.338 e. The van der Waals surface area contributed by atoms with E-state index in [1.54, 1.807) is 11.8 Å². The Hall–Kier alpha value is -4.16. The molecule has 6 heteroatoms. The van der Waals surface area contributed by atoms with Crippen LogP contribution in [0.4, 0.5) is 0 Å². The van der Waals surface area contributed by atoms with Gasteiger partial charge in [-0.15, -0.1) is 10.2 Å². The smallest absolute Gasteiger partial charge is 0.222 e. The van der Waals surface area contributed by atoms with Gasteiger partial charge in [0.25, 0.3) is 0 Å². The topological polar surface area (TPSA) is 51.0 Å². The third-order valence-electron chi connectivity index (χ3n) is 7.30. The lowest BCUT2D eigenvalue weighted by atomic mass is 10.1. The number of hydrogen-bond acceptors (Lipinski definition) is 4. The Kier molecular flexibility index (Phi) is 10.6. The fourth-order valence-electron chi connectivity index (χ4n) is 4.94. The molecule has 0 aliphatic carbocycles. The van der Waals surface area contributed by atoms with Gasteiger partial charge in [-0.1, -0.05) is 120 Å². The number of thioether (sulfide) groups is 1. The minimum Gasteiger partial charge on any atom is -0.338 e. The van der Waals surface area contributed by atoms with Gasteiger partial charge >= 0.3 is 0 Å². The number of carbonyl (C=O) groups excluding carboxylic acids is 1. The van der Waals surface area contributed by atoms with Gasteiger partial charge in [-0.2, -0.15) is 0 Å². The summed E-state index contributed by atoms with van der Waals surface area (Å²) in [6.45, 7) is 3.46. The zero-order valence-corrected chi connectivity index (χ0v) is 25.0. The van der Waals surface area contributed by atoms with Crippen LogP contribution in [0, 0.1) is 6.92 Å². The molecule has 4 aromatic carbocycles. The van der Waals surface area contributed by atoms with Gasteiger partial charge in [0.15, 0.2) is 5.16 Å². The second-order valence-corrected chi connectivity index (χ2v) is 11.6. The summed E-state index contributed by atoms with van der Waals surface area (Å²) in [4.78, 5) is 15.4. The lowest BCUT2D eigenvalue weighted by Crippen LogP contribution is -2.32. The first-order valence-electron chi connectivity index (χ1n) is 14.7. The summed E-state index contributed by atoms with van der Waals surface area (Å²) in [6.07, 6.45) is 3.90. The Morgan fingerprint density at radius 1 is 0.738 bits per heavy atom. The lowest BCUT2D eigenvalue weighted by molar-refractivity contribution is -0.131. The van der Waals surface area contributed by atoms with Crippen molar-refractivity contribution in [3.05, 3.63) is 143 Å².